The molecule has 0 amide bonds. The lowest BCUT2D eigenvalue weighted by Gasteiger charge is -2.17. The molecule has 1 N–H and O–H groups in total. The fourth-order valence-electron chi connectivity index (χ4n) is 3.00. The van der Waals surface area contributed by atoms with Crippen molar-refractivity contribution in [3.8, 4) is 0 Å². The van der Waals surface area contributed by atoms with Crippen molar-refractivity contribution in [3.63, 3.8) is 0 Å². The summed E-state index contributed by atoms with van der Waals surface area (Å²) in [4.78, 5) is 4.40. The minimum Gasteiger partial charge on any atom is -0.444 e. The molecule has 0 bridgehead atoms. The Kier molecular flexibility index (Phi) is 3.30. The summed E-state index contributed by atoms with van der Waals surface area (Å²) in [5.74, 6) is 2.49. The molecule has 0 aliphatic heterocycles. The van der Waals surface area contributed by atoms with E-state index in [1.54, 1.807) is 0 Å². The highest BCUT2D eigenvalue weighted by molar-refractivity contribution is 5.05. The van der Waals surface area contributed by atoms with E-state index in [4.69, 9.17) is 4.42 Å². The maximum absolute atomic E-state index is 5.59. The van der Waals surface area contributed by atoms with Crippen LogP contribution in [-0.4, -0.2) is 11.0 Å². The molecule has 1 fully saturated rings. The molecule has 96 valence electrons. The van der Waals surface area contributed by atoms with Crippen LogP contribution in [-0.2, 0) is 6.54 Å². The Hall–Kier alpha value is -0.830. The fraction of sp³-hybridized carbons (Fsp3) is 0.786. The zero-order valence-electron chi connectivity index (χ0n) is 11.6. The van der Waals surface area contributed by atoms with Gasteiger partial charge in [-0.25, -0.2) is 4.98 Å². The molecule has 3 heteroatoms. The number of nitrogens with zero attached hydrogens (tertiary/aromatic N) is 1. The molecule has 17 heavy (non-hydrogen) atoms. The second-order valence-corrected chi connectivity index (χ2v) is 6.29. The van der Waals surface area contributed by atoms with Crippen molar-refractivity contribution in [1.29, 1.82) is 0 Å². The van der Waals surface area contributed by atoms with Crippen molar-refractivity contribution in [2.24, 2.45) is 11.3 Å². The summed E-state index contributed by atoms with van der Waals surface area (Å²) in [6.07, 6.45) is 2.54. The SMILES string of the molecule is Cc1nc(CNC2CC(C)(C)CC2C)oc1C. The monoisotopic (exact) mass is 236 g/mol. The van der Waals surface area contributed by atoms with E-state index in [1.165, 1.54) is 12.8 Å². The number of hydrogen-bond acceptors (Lipinski definition) is 3. The van der Waals surface area contributed by atoms with E-state index < -0.39 is 0 Å². The average Bonchev–Trinajstić information content (AvgIpc) is 2.64. The molecular formula is C14H24N2O. The summed E-state index contributed by atoms with van der Waals surface area (Å²) >= 11 is 0. The number of oxazole rings is 1. The van der Waals surface area contributed by atoms with Gasteiger partial charge in [0.15, 0.2) is 0 Å². The topological polar surface area (TPSA) is 38.1 Å². The van der Waals surface area contributed by atoms with Crippen LogP contribution >= 0.6 is 0 Å². The van der Waals surface area contributed by atoms with E-state index in [9.17, 15) is 0 Å². The van der Waals surface area contributed by atoms with E-state index in [1.807, 2.05) is 13.8 Å². The second kappa shape index (κ2) is 4.45. The molecule has 2 rings (SSSR count). The highest BCUT2D eigenvalue weighted by Crippen LogP contribution is 2.40. The number of hydrogen-bond donors (Lipinski definition) is 1. The molecule has 1 heterocycles. The zero-order valence-corrected chi connectivity index (χ0v) is 11.6. The predicted molar refractivity (Wildman–Crippen MR) is 68.8 cm³/mol. The van der Waals surface area contributed by atoms with Crippen LogP contribution in [0, 0.1) is 25.2 Å². The number of rotatable bonds is 3. The lowest BCUT2D eigenvalue weighted by molar-refractivity contribution is 0.357. The normalized spacial score (nSPS) is 27.6. The largest absolute Gasteiger partial charge is 0.444 e. The minimum atomic E-state index is 0.472. The lowest BCUT2D eigenvalue weighted by atomic mass is 9.91. The predicted octanol–water partition coefficient (Wildman–Crippen LogP) is 3.21. The standard InChI is InChI=1S/C14H24N2O/c1-9-6-14(4,5)7-12(9)15-8-13-16-10(2)11(3)17-13/h9,12,15H,6-8H2,1-5H3. The second-order valence-electron chi connectivity index (χ2n) is 6.29. The average molecular weight is 236 g/mol. The summed E-state index contributed by atoms with van der Waals surface area (Å²) in [6, 6.07) is 0.595. The molecule has 0 saturated heterocycles. The van der Waals surface area contributed by atoms with Crippen molar-refractivity contribution in [2.45, 2.75) is 60.0 Å². The van der Waals surface area contributed by atoms with Gasteiger partial charge in [0.1, 0.15) is 5.76 Å². The van der Waals surface area contributed by atoms with Crippen molar-refractivity contribution in [1.82, 2.24) is 10.3 Å². The van der Waals surface area contributed by atoms with E-state index in [2.05, 4.69) is 31.1 Å². The van der Waals surface area contributed by atoms with Gasteiger partial charge in [0.05, 0.1) is 12.2 Å². The van der Waals surface area contributed by atoms with Crippen LogP contribution in [0.3, 0.4) is 0 Å². The Morgan fingerprint density at radius 1 is 1.35 bits per heavy atom. The van der Waals surface area contributed by atoms with E-state index in [0.29, 0.717) is 11.5 Å². The first-order valence-electron chi connectivity index (χ1n) is 6.54. The Morgan fingerprint density at radius 3 is 2.53 bits per heavy atom. The smallest absolute Gasteiger partial charge is 0.208 e. The third-order valence-corrected chi connectivity index (χ3v) is 3.92. The molecule has 1 aliphatic carbocycles. The summed E-state index contributed by atoms with van der Waals surface area (Å²) in [5, 5.41) is 3.59. The van der Waals surface area contributed by atoms with Crippen molar-refractivity contribution in [3.05, 3.63) is 17.3 Å². The molecule has 2 atom stereocenters. The van der Waals surface area contributed by atoms with E-state index >= 15 is 0 Å². The maximum atomic E-state index is 5.59. The molecule has 1 aromatic heterocycles. The fourth-order valence-corrected chi connectivity index (χ4v) is 3.00. The summed E-state index contributed by atoms with van der Waals surface area (Å²) < 4.78 is 5.59. The van der Waals surface area contributed by atoms with Crippen LogP contribution in [0.1, 0.15) is 51.0 Å². The Labute approximate surface area is 104 Å². The number of aryl methyl sites for hydroxylation is 2. The Balaban J connectivity index is 1.91. The third-order valence-electron chi connectivity index (χ3n) is 3.92. The van der Waals surface area contributed by atoms with Gasteiger partial charge in [0.2, 0.25) is 5.89 Å². The van der Waals surface area contributed by atoms with Gasteiger partial charge < -0.3 is 9.73 Å². The van der Waals surface area contributed by atoms with Crippen molar-refractivity contribution < 1.29 is 4.42 Å². The van der Waals surface area contributed by atoms with Gasteiger partial charge in [-0.1, -0.05) is 20.8 Å². The molecule has 0 spiro atoms. The van der Waals surface area contributed by atoms with Crippen LogP contribution in [0.25, 0.3) is 0 Å². The Bertz CT molecular complexity index is 375. The molecule has 1 saturated carbocycles. The maximum Gasteiger partial charge on any atom is 0.208 e. The van der Waals surface area contributed by atoms with Crippen molar-refractivity contribution in [2.75, 3.05) is 0 Å². The van der Waals surface area contributed by atoms with Crippen molar-refractivity contribution >= 4 is 0 Å². The van der Waals surface area contributed by atoms with Crippen LogP contribution < -0.4 is 5.32 Å². The molecule has 1 aromatic rings. The van der Waals surface area contributed by atoms with Gasteiger partial charge >= 0.3 is 0 Å². The number of nitrogens with one attached hydrogen (secondary N) is 1. The molecule has 1 aliphatic rings. The van der Waals surface area contributed by atoms with E-state index in [0.717, 1.165) is 29.8 Å². The zero-order chi connectivity index (χ0) is 12.6. The van der Waals surface area contributed by atoms with E-state index in [-0.39, 0.29) is 0 Å². The van der Waals surface area contributed by atoms with Gasteiger partial charge in [-0.3, -0.25) is 0 Å². The van der Waals surface area contributed by atoms with Gasteiger partial charge in [-0.2, -0.15) is 0 Å². The first-order chi connectivity index (χ1) is 7.87. The quantitative estimate of drug-likeness (QED) is 0.875. The molecular weight excluding hydrogens is 212 g/mol. The van der Waals surface area contributed by atoms with Gasteiger partial charge in [0, 0.05) is 6.04 Å². The summed E-state index contributed by atoms with van der Waals surface area (Å²) in [6.45, 7) is 11.7. The number of aromatic nitrogens is 1. The van der Waals surface area contributed by atoms with Gasteiger partial charge in [-0.15, -0.1) is 0 Å². The molecule has 0 aromatic carbocycles. The molecule has 0 radical (unpaired) electrons. The van der Waals surface area contributed by atoms with Gasteiger partial charge in [0.25, 0.3) is 0 Å². The molecule has 2 unspecified atom stereocenters. The first-order valence-corrected chi connectivity index (χ1v) is 6.54. The van der Waals surface area contributed by atoms with Crippen LogP contribution in [0.2, 0.25) is 0 Å². The Morgan fingerprint density at radius 2 is 2.06 bits per heavy atom. The summed E-state index contributed by atoms with van der Waals surface area (Å²) in [7, 11) is 0. The summed E-state index contributed by atoms with van der Waals surface area (Å²) in [5.41, 5.74) is 1.47. The lowest BCUT2D eigenvalue weighted by Crippen LogP contribution is -2.31. The highest BCUT2D eigenvalue weighted by Gasteiger charge is 2.36. The van der Waals surface area contributed by atoms with Crippen LogP contribution in [0.5, 0.6) is 0 Å². The molecule has 3 nitrogen and oxygen atoms in total. The third kappa shape index (κ3) is 2.89. The first kappa shape index (κ1) is 12.6. The van der Waals surface area contributed by atoms with Crippen LogP contribution in [0.15, 0.2) is 4.42 Å². The van der Waals surface area contributed by atoms with Crippen LogP contribution in [0.4, 0.5) is 0 Å². The minimum absolute atomic E-state index is 0.472. The van der Waals surface area contributed by atoms with Gasteiger partial charge in [-0.05, 0) is 38.0 Å². The highest BCUT2D eigenvalue weighted by atomic mass is 16.4.